The highest BCUT2D eigenvalue weighted by molar-refractivity contribution is 5.71. The summed E-state index contributed by atoms with van der Waals surface area (Å²) in [7, 11) is 1.83. The van der Waals surface area contributed by atoms with E-state index in [0.29, 0.717) is 34.4 Å². The fourth-order valence-corrected chi connectivity index (χ4v) is 3.44. The fraction of sp³-hybridized carbons (Fsp3) is 0.190. The largest absolute Gasteiger partial charge is 0.323 e. The number of benzene rings is 1. The average molecular weight is 402 g/mol. The Hall–Kier alpha value is -4.06. The number of aryl methyl sites for hydroxylation is 2. The van der Waals surface area contributed by atoms with Crippen LogP contribution in [-0.4, -0.2) is 29.5 Å². The summed E-state index contributed by atoms with van der Waals surface area (Å²) in [5.41, 5.74) is 4.55. The van der Waals surface area contributed by atoms with Gasteiger partial charge in [0.05, 0.1) is 22.6 Å². The third-order valence-electron chi connectivity index (χ3n) is 4.92. The van der Waals surface area contributed by atoms with Crippen LogP contribution in [0.3, 0.4) is 0 Å². The van der Waals surface area contributed by atoms with Crippen LogP contribution in [0.2, 0.25) is 0 Å². The molecule has 0 unspecified atom stereocenters. The highest BCUT2D eigenvalue weighted by Crippen LogP contribution is 2.29. The molecule has 4 aromatic rings. The molecule has 0 fully saturated rings. The SMILES string of the molecule is Cc1nn(-c2cc(Nc3nn(C)c(-c4ccc(F)cc4)c3C)ncn2)c(C)c1C#N. The Morgan fingerprint density at radius 3 is 2.47 bits per heavy atom. The number of hydrogen-bond acceptors (Lipinski definition) is 6. The Kier molecular flexibility index (Phi) is 4.75. The Labute approximate surface area is 172 Å². The maximum atomic E-state index is 13.3. The molecular formula is C21H19FN8. The van der Waals surface area contributed by atoms with Crippen LogP contribution < -0.4 is 5.32 Å². The summed E-state index contributed by atoms with van der Waals surface area (Å²) >= 11 is 0. The van der Waals surface area contributed by atoms with Gasteiger partial charge in [0.25, 0.3) is 0 Å². The van der Waals surface area contributed by atoms with E-state index >= 15 is 0 Å². The maximum absolute atomic E-state index is 13.3. The average Bonchev–Trinajstić information content (AvgIpc) is 3.17. The topological polar surface area (TPSA) is 97.2 Å². The number of anilines is 2. The summed E-state index contributed by atoms with van der Waals surface area (Å²) in [6.07, 6.45) is 1.43. The van der Waals surface area contributed by atoms with Gasteiger partial charge in [-0.05, 0) is 45.0 Å². The monoisotopic (exact) mass is 402 g/mol. The molecule has 0 atom stereocenters. The lowest BCUT2D eigenvalue weighted by Crippen LogP contribution is -2.05. The first-order chi connectivity index (χ1) is 14.4. The smallest absolute Gasteiger partial charge is 0.159 e. The number of aromatic nitrogens is 6. The molecule has 0 saturated carbocycles. The highest BCUT2D eigenvalue weighted by atomic mass is 19.1. The first kappa shape index (κ1) is 19.3. The fourth-order valence-electron chi connectivity index (χ4n) is 3.44. The van der Waals surface area contributed by atoms with Gasteiger partial charge in [-0.1, -0.05) is 0 Å². The van der Waals surface area contributed by atoms with Crippen LogP contribution in [-0.2, 0) is 7.05 Å². The second-order valence-corrected chi connectivity index (χ2v) is 6.91. The number of rotatable bonds is 4. The van der Waals surface area contributed by atoms with Crippen molar-refractivity contribution in [3.05, 3.63) is 65.0 Å². The van der Waals surface area contributed by atoms with Gasteiger partial charge in [0.2, 0.25) is 0 Å². The number of nitriles is 1. The zero-order valence-electron chi connectivity index (χ0n) is 17.0. The van der Waals surface area contributed by atoms with Crippen molar-refractivity contribution < 1.29 is 4.39 Å². The third-order valence-corrected chi connectivity index (χ3v) is 4.92. The molecule has 3 heterocycles. The van der Waals surface area contributed by atoms with Crippen molar-refractivity contribution in [3.8, 4) is 23.1 Å². The number of halogens is 1. The minimum Gasteiger partial charge on any atom is -0.323 e. The van der Waals surface area contributed by atoms with Crippen molar-refractivity contribution in [3.63, 3.8) is 0 Å². The van der Waals surface area contributed by atoms with Gasteiger partial charge in [0.15, 0.2) is 11.6 Å². The second-order valence-electron chi connectivity index (χ2n) is 6.91. The van der Waals surface area contributed by atoms with Gasteiger partial charge < -0.3 is 5.32 Å². The Morgan fingerprint density at radius 1 is 1.07 bits per heavy atom. The minimum absolute atomic E-state index is 0.283. The van der Waals surface area contributed by atoms with E-state index in [1.54, 1.807) is 34.5 Å². The van der Waals surface area contributed by atoms with Gasteiger partial charge in [0, 0.05) is 24.2 Å². The third kappa shape index (κ3) is 3.28. The van der Waals surface area contributed by atoms with Crippen LogP contribution >= 0.6 is 0 Å². The van der Waals surface area contributed by atoms with E-state index in [-0.39, 0.29) is 5.82 Å². The van der Waals surface area contributed by atoms with Crippen LogP contribution in [0.1, 0.15) is 22.5 Å². The Morgan fingerprint density at radius 2 is 1.80 bits per heavy atom. The summed E-state index contributed by atoms with van der Waals surface area (Å²) in [5.74, 6) is 1.43. The Balaban J connectivity index is 1.68. The summed E-state index contributed by atoms with van der Waals surface area (Å²) in [4.78, 5) is 8.56. The van der Waals surface area contributed by atoms with E-state index in [4.69, 9.17) is 0 Å². The van der Waals surface area contributed by atoms with Gasteiger partial charge in [-0.3, -0.25) is 4.68 Å². The molecule has 0 aliphatic carbocycles. The van der Waals surface area contributed by atoms with E-state index < -0.39 is 0 Å². The summed E-state index contributed by atoms with van der Waals surface area (Å²) in [6, 6.07) is 10.2. The maximum Gasteiger partial charge on any atom is 0.159 e. The lowest BCUT2D eigenvalue weighted by atomic mass is 10.1. The van der Waals surface area contributed by atoms with Crippen LogP contribution in [0, 0.1) is 37.9 Å². The number of nitrogens with one attached hydrogen (secondary N) is 1. The summed E-state index contributed by atoms with van der Waals surface area (Å²) < 4.78 is 16.6. The number of hydrogen-bond donors (Lipinski definition) is 1. The van der Waals surface area contributed by atoms with Crippen molar-refractivity contribution in [1.82, 2.24) is 29.5 Å². The molecule has 0 amide bonds. The molecule has 0 aliphatic rings. The van der Waals surface area contributed by atoms with Gasteiger partial charge in [0.1, 0.15) is 24.0 Å². The second kappa shape index (κ2) is 7.40. The van der Waals surface area contributed by atoms with Crippen molar-refractivity contribution in [2.45, 2.75) is 20.8 Å². The van der Waals surface area contributed by atoms with E-state index in [9.17, 15) is 9.65 Å². The Bertz CT molecular complexity index is 1280. The molecule has 0 aliphatic heterocycles. The predicted molar refractivity (Wildman–Crippen MR) is 110 cm³/mol. The van der Waals surface area contributed by atoms with Crippen LogP contribution in [0.4, 0.5) is 16.0 Å². The zero-order valence-corrected chi connectivity index (χ0v) is 17.0. The molecule has 1 N–H and O–H groups in total. The molecule has 0 spiro atoms. The van der Waals surface area contributed by atoms with Gasteiger partial charge in [-0.15, -0.1) is 0 Å². The molecular weight excluding hydrogens is 383 g/mol. The molecule has 1 aromatic carbocycles. The minimum atomic E-state index is -0.283. The lowest BCUT2D eigenvalue weighted by Gasteiger charge is -2.07. The van der Waals surface area contributed by atoms with Crippen LogP contribution in [0.25, 0.3) is 17.1 Å². The van der Waals surface area contributed by atoms with E-state index in [1.165, 1.54) is 18.5 Å². The van der Waals surface area contributed by atoms with Crippen LogP contribution in [0.5, 0.6) is 0 Å². The lowest BCUT2D eigenvalue weighted by molar-refractivity contribution is 0.628. The van der Waals surface area contributed by atoms with Gasteiger partial charge in [-0.25, -0.2) is 19.0 Å². The normalized spacial score (nSPS) is 10.8. The first-order valence-electron chi connectivity index (χ1n) is 9.24. The van der Waals surface area contributed by atoms with E-state index in [2.05, 4.69) is 31.6 Å². The summed E-state index contributed by atoms with van der Waals surface area (Å²) in [5, 5.41) is 21.5. The molecule has 9 heteroatoms. The molecule has 0 radical (unpaired) electrons. The molecule has 30 heavy (non-hydrogen) atoms. The zero-order chi connectivity index (χ0) is 21.4. The van der Waals surface area contributed by atoms with Crippen molar-refractivity contribution >= 4 is 11.6 Å². The van der Waals surface area contributed by atoms with E-state index in [0.717, 1.165) is 16.8 Å². The number of nitrogens with zero attached hydrogens (tertiary/aromatic N) is 7. The quantitative estimate of drug-likeness (QED) is 0.558. The van der Waals surface area contributed by atoms with Crippen molar-refractivity contribution in [2.24, 2.45) is 7.05 Å². The van der Waals surface area contributed by atoms with Crippen LogP contribution in [0.15, 0.2) is 36.7 Å². The molecule has 8 nitrogen and oxygen atoms in total. The molecule has 3 aromatic heterocycles. The summed E-state index contributed by atoms with van der Waals surface area (Å²) in [6.45, 7) is 5.55. The van der Waals surface area contributed by atoms with Gasteiger partial charge >= 0.3 is 0 Å². The standard InChI is InChI=1S/C21H19FN8/c1-12-20(15-5-7-16(22)8-6-15)29(4)28-21(12)26-18-9-19(25-11-24-18)30-14(3)17(10-23)13(2)27-30/h5-9,11H,1-4H3,(H,24,25,26,28). The predicted octanol–water partition coefficient (Wildman–Crippen LogP) is 3.74. The van der Waals surface area contributed by atoms with Crippen molar-refractivity contribution in [2.75, 3.05) is 5.32 Å². The molecule has 0 bridgehead atoms. The first-order valence-corrected chi connectivity index (χ1v) is 9.24. The van der Waals surface area contributed by atoms with Gasteiger partial charge in [-0.2, -0.15) is 15.5 Å². The highest BCUT2D eigenvalue weighted by Gasteiger charge is 2.17. The van der Waals surface area contributed by atoms with Crippen molar-refractivity contribution in [1.29, 1.82) is 5.26 Å². The van der Waals surface area contributed by atoms with E-state index in [1.807, 2.05) is 20.9 Å². The molecule has 4 rings (SSSR count). The molecule has 0 saturated heterocycles. The molecule has 150 valence electrons.